The fraction of sp³-hybridized carbons (Fsp3) is 0.435. The van der Waals surface area contributed by atoms with Crippen LogP contribution in [0.5, 0.6) is 5.75 Å². The van der Waals surface area contributed by atoms with Crippen LogP contribution in [-0.4, -0.2) is 48.2 Å². The second-order valence-electron chi connectivity index (χ2n) is 8.90. The average Bonchev–Trinajstić information content (AvgIpc) is 3.24. The molecule has 2 aromatic heterocycles. The topological polar surface area (TPSA) is 105 Å². The molecule has 0 bridgehead atoms. The van der Waals surface area contributed by atoms with Gasteiger partial charge in [0.25, 0.3) is 5.91 Å². The van der Waals surface area contributed by atoms with Crippen LogP contribution < -0.4 is 25.6 Å². The van der Waals surface area contributed by atoms with E-state index in [1.807, 2.05) is 31.3 Å². The third-order valence-corrected chi connectivity index (χ3v) is 6.09. The van der Waals surface area contributed by atoms with Gasteiger partial charge in [0, 0.05) is 24.8 Å². The Kier molecular flexibility index (Phi) is 5.13. The number of furan rings is 1. The van der Waals surface area contributed by atoms with Crippen LogP contribution in [0.4, 0.5) is 23.1 Å². The monoisotopic (exact) mass is 436 g/mol. The molecule has 0 unspecified atom stereocenters. The van der Waals surface area contributed by atoms with Gasteiger partial charge in [0.05, 0.1) is 12.0 Å². The smallest absolute Gasteiger partial charge is 0.268 e. The Hall–Kier alpha value is -3.33. The zero-order valence-electron chi connectivity index (χ0n) is 18.6. The lowest BCUT2D eigenvalue weighted by molar-refractivity contribution is -0.129. The summed E-state index contributed by atoms with van der Waals surface area (Å²) in [6.07, 6.45) is 3.86. The van der Waals surface area contributed by atoms with Gasteiger partial charge in [-0.05, 0) is 64.4 Å². The summed E-state index contributed by atoms with van der Waals surface area (Å²) in [6.45, 7) is 6.38. The largest absolute Gasteiger partial charge is 0.476 e. The van der Waals surface area contributed by atoms with E-state index >= 15 is 0 Å². The van der Waals surface area contributed by atoms with E-state index in [1.165, 1.54) is 0 Å². The zero-order valence-corrected chi connectivity index (χ0v) is 18.6. The second kappa shape index (κ2) is 7.98. The van der Waals surface area contributed by atoms with Crippen LogP contribution in [0, 0.1) is 5.92 Å². The van der Waals surface area contributed by atoms with Crippen molar-refractivity contribution < 1.29 is 13.9 Å². The summed E-state index contributed by atoms with van der Waals surface area (Å²) in [5, 5.41) is 9.45. The summed E-state index contributed by atoms with van der Waals surface area (Å²) in [4.78, 5) is 23.9. The highest BCUT2D eigenvalue weighted by Gasteiger charge is 2.35. The molecule has 5 rings (SSSR count). The van der Waals surface area contributed by atoms with Crippen molar-refractivity contribution in [2.75, 3.05) is 42.2 Å². The first-order valence-electron chi connectivity index (χ1n) is 11.0. The number of fused-ring (bicyclic) bond motifs is 2. The molecule has 1 aromatic carbocycles. The number of benzene rings is 1. The van der Waals surface area contributed by atoms with Crippen molar-refractivity contribution in [1.29, 1.82) is 0 Å². The van der Waals surface area contributed by atoms with Crippen molar-refractivity contribution in [3.63, 3.8) is 0 Å². The lowest BCUT2D eigenvalue weighted by Crippen LogP contribution is -2.45. The Labute approximate surface area is 186 Å². The molecule has 0 spiro atoms. The molecular weight excluding hydrogens is 408 g/mol. The van der Waals surface area contributed by atoms with Gasteiger partial charge in [-0.25, -0.2) is 4.98 Å². The van der Waals surface area contributed by atoms with E-state index in [-0.39, 0.29) is 5.91 Å². The normalized spacial score (nSPS) is 18.2. The quantitative estimate of drug-likeness (QED) is 0.558. The summed E-state index contributed by atoms with van der Waals surface area (Å²) >= 11 is 0. The van der Waals surface area contributed by atoms with E-state index in [0.29, 0.717) is 28.9 Å². The molecule has 9 heteroatoms. The minimum atomic E-state index is -0.896. The minimum Gasteiger partial charge on any atom is -0.476 e. The van der Waals surface area contributed by atoms with Crippen LogP contribution in [-0.2, 0) is 4.79 Å². The number of ether oxygens (including phenoxy) is 1. The molecular formula is C23H28N6O3. The Morgan fingerprint density at radius 3 is 2.81 bits per heavy atom. The molecule has 2 aliphatic heterocycles. The Morgan fingerprint density at radius 1 is 1.22 bits per heavy atom. The third kappa shape index (κ3) is 3.84. The number of aromatic nitrogens is 2. The molecule has 168 valence electrons. The molecule has 32 heavy (non-hydrogen) atoms. The second-order valence-corrected chi connectivity index (χ2v) is 8.90. The lowest BCUT2D eigenvalue weighted by atomic mass is 9.97. The summed E-state index contributed by atoms with van der Waals surface area (Å²) < 4.78 is 11.5. The van der Waals surface area contributed by atoms with Gasteiger partial charge in [-0.3, -0.25) is 4.79 Å². The summed E-state index contributed by atoms with van der Waals surface area (Å²) in [5.74, 6) is 2.43. The lowest BCUT2D eigenvalue weighted by Gasteiger charge is -2.32. The number of carbonyl (C=O) groups is 1. The maximum atomic E-state index is 12.2. The molecule has 9 nitrogen and oxygen atoms in total. The third-order valence-electron chi connectivity index (χ3n) is 6.09. The SMILES string of the molecule is CNCC1CCN(c2nc(Nc3ccc4c(c3)NC(=O)C(C)(C)O4)nc3ccoc23)CC1. The molecule has 1 fully saturated rings. The maximum Gasteiger partial charge on any atom is 0.268 e. The van der Waals surface area contributed by atoms with Crippen molar-refractivity contribution >= 4 is 40.1 Å². The molecule has 0 atom stereocenters. The molecule has 0 saturated carbocycles. The standard InChI is InChI=1S/C23H28N6O3/c1-23(2)21(30)26-17-12-15(4-5-18(17)32-23)25-22-27-16-8-11-31-19(16)20(28-22)29-9-6-14(7-10-29)13-24-3/h4-5,8,11-12,14,24H,6-7,9-10,13H2,1-3H3,(H,26,30)(H,25,27,28). The van der Waals surface area contributed by atoms with Crippen LogP contribution in [0.2, 0.25) is 0 Å². The van der Waals surface area contributed by atoms with Gasteiger partial charge in [-0.15, -0.1) is 0 Å². The van der Waals surface area contributed by atoms with E-state index in [1.54, 1.807) is 20.1 Å². The number of rotatable bonds is 5. The van der Waals surface area contributed by atoms with Gasteiger partial charge >= 0.3 is 0 Å². The highest BCUT2D eigenvalue weighted by Crippen LogP contribution is 2.36. The van der Waals surface area contributed by atoms with Crippen molar-refractivity contribution in [2.24, 2.45) is 5.92 Å². The number of hydrogen-bond acceptors (Lipinski definition) is 8. The summed E-state index contributed by atoms with van der Waals surface area (Å²) in [7, 11) is 2.00. The number of anilines is 4. The van der Waals surface area contributed by atoms with Gasteiger partial charge in [0.2, 0.25) is 5.95 Å². The average molecular weight is 437 g/mol. The van der Waals surface area contributed by atoms with Crippen LogP contribution in [0.25, 0.3) is 11.1 Å². The van der Waals surface area contributed by atoms with Crippen LogP contribution in [0.3, 0.4) is 0 Å². The van der Waals surface area contributed by atoms with E-state index < -0.39 is 5.60 Å². The summed E-state index contributed by atoms with van der Waals surface area (Å²) in [6, 6.07) is 7.40. The Balaban J connectivity index is 1.40. The van der Waals surface area contributed by atoms with Gasteiger partial charge < -0.3 is 30.0 Å². The van der Waals surface area contributed by atoms with Crippen molar-refractivity contribution in [1.82, 2.24) is 15.3 Å². The molecule has 1 saturated heterocycles. The first-order chi connectivity index (χ1) is 15.4. The number of amides is 1. The Bertz CT molecular complexity index is 1150. The van der Waals surface area contributed by atoms with Crippen LogP contribution in [0.1, 0.15) is 26.7 Å². The van der Waals surface area contributed by atoms with E-state index in [4.69, 9.17) is 14.1 Å². The summed E-state index contributed by atoms with van der Waals surface area (Å²) in [5.41, 5.74) is 1.94. The van der Waals surface area contributed by atoms with Gasteiger partial charge in [-0.1, -0.05) is 0 Å². The van der Waals surface area contributed by atoms with E-state index in [0.717, 1.165) is 49.5 Å². The highest BCUT2D eigenvalue weighted by molar-refractivity contribution is 6.00. The molecule has 3 N–H and O–H groups in total. The number of hydrogen-bond donors (Lipinski definition) is 3. The van der Waals surface area contributed by atoms with Crippen LogP contribution >= 0.6 is 0 Å². The molecule has 1 amide bonds. The maximum absolute atomic E-state index is 12.2. The highest BCUT2D eigenvalue weighted by atomic mass is 16.5. The van der Waals surface area contributed by atoms with Gasteiger partial charge in [-0.2, -0.15) is 4.98 Å². The van der Waals surface area contributed by atoms with E-state index in [2.05, 4.69) is 25.8 Å². The number of nitrogens with zero attached hydrogens (tertiary/aromatic N) is 3. The minimum absolute atomic E-state index is 0.179. The van der Waals surface area contributed by atoms with Gasteiger partial charge in [0.15, 0.2) is 17.0 Å². The molecule has 0 radical (unpaired) electrons. The van der Waals surface area contributed by atoms with Crippen molar-refractivity contribution in [3.8, 4) is 5.75 Å². The zero-order chi connectivity index (χ0) is 22.3. The molecule has 2 aliphatic rings. The van der Waals surface area contributed by atoms with Crippen LogP contribution in [0.15, 0.2) is 34.9 Å². The fourth-order valence-electron chi connectivity index (χ4n) is 4.27. The van der Waals surface area contributed by atoms with E-state index in [9.17, 15) is 4.79 Å². The number of nitrogens with one attached hydrogen (secondary N) is 3. The molecule has 0 aliphatic carbocycles. The predicted molar refractivity (Wildman–Crippen MR) is 124 cm³/mol. The van der Waals surface area contributed by atoms with Gasteiger partial charge in [0.1, 0.15) is 11.3 Å². The molecule has 3 aromatic rings. The molecule has 4 heterocycles. The Morgan fingerprint density at radius 2 is 2.03 bits per heavy atom. The number of piperidine rings is 1. The first kappa shape index (κ1) is 20.6. The van der Waals surface area contributed by atoms with Crippen molar-refractivity contribution in [3.05, 3.63) is 30.5 Å². The van der Waals surface area contributed by atoms with Crippen molar-refractivity contribution in [2.45, 2.75) is 32.3 Å². The predicted octanol–water partition coefficient (Wildman–Crippen LogP) is 3.51. The number of carbonyl (C=O) groups excluding carboxylic acids is 1. The fourth-order valence-corrected chi connectivity index (χ4v) is 4.27. The first-order valence-corrected chi connectivity index (χ1v) is 11.0.